The fraction of sp³-hybridized carbons (Fsp3) is 1.00. The number of nitrogens with one attached hydrogen (secondary N) is 1. The van der Waals surface area contributed by atoms with Crippen LogP contribution in [-0.4, -0.2) is 24.3 Å². The summed E-state index contributed by atoms with van der Waals surface area (Å²) in [5, 5.41) is 3.41. The van der Waals surface area contributed by atoms with Gasteiger partial charge in [0.1, 0.15) is 0 Å². The van der Waals surface area contributed by atoms with Crippen LogP contribution in [0, 0.1) is 5.92 Å². The molecular formula is C12H23F3N2. The maximum absolute atomic E-state index is 12.6. The van der Waals surface area contributed by atoms with E-state index in [-0.39, 0.29) is 18.4 Å². The Morgan fingerprint density at radius 1 is 1.35 bits per heavy atom. The highest BCUT2D eigenvalue weighted by Gasteiger charge is 2.45. The molecule has 0 saturated heterocycles. The predicted molar refractivity (Wildman–Crippen MR) is 62.7 cm³/mol. The zero-order valence-corrected chi connectivity index (χ0v) is 10.6. The summed E-state index contributed by atoms with van der Waals surface area (Å²) in [5.74, 6) is -1.14. The van der Waals surface area contributed by atoms with Crippen LogP contribution < -0.4 is 11.1 Å². The predicted octanol–water partition coefficient (Wildman–Crippen LogP) is 2.82. The van der Waals surface area contributed by atoms with E-state index in [1.54, 1.807) is 0 Å². The quantitative estimate of drug-likeness (QED) is 0.807. The molecule has 1 unspecified atom stereocenters. The summed E-state index contributed by atoms with van der Waals surface area (Å²) >= 11 is 0. The normalized spacial score (nSPS) is 32.5. The fourth-order valence-electron chi connectivity index (χ4n) is 2.53. The van der Waals surface area contributed by atoms with Crippen molar-refractivity contribution in [1.82, 2.24) is 5.32 Å². The van der Waals surface area contributed by atoms with E-state index in [0.29, 0.717) is 25.4 Å². The van der Waals surface area contributed by atoms with Crippen LogP contribution in [0.4, 0.5) is 13.2 Å². The van der Waals surface area contributed by atoms with E-state index in [2.05, 4.69) is 12.2 Å². The fourth-order valence-corrected chi connectivity index (χ4v) is 2.53. The lowest BCUT2D eigenvalue weighted by Gasteiger charge is -2.42. The van der Waals surface area contributed by atoms with Crippen molar-refractivity contribution in [3.63, 3.8) is 0 Å². The number of halogens is 3. The summed E-state index contributed by atoms with van der Waals surface area (Å²) in [6.45, 7) is 4.53. The zero-order valence-electron chi connectivity index (χ0n) is 10.6. The number of hydrogen-bond donors (Lipinski definition) is 2. The highest BCUT2D eigenvalue weighted by molar-refractivity contribution is 4.96. The first kappa shape index (κ1) is 14.8. The second-order valence-corrected chi connectivity index (χ2v) is 5.25. The molecule has 1 saturated carbocycles. The zero-order chi connectivity index (χ0) is 13.1. The van der Waals surface area contributed by atoms with Crippen molar-refractivity contribution in [3.05, 3.63) is 0 Å². The van der Waals surface area contributed by atoms with Gasteiger partial charge in [-0.3, -0.25) is 0 Å². The van der Waals surface area contributed by atoms with Gasteiger partial charge in [-0.05, 0) is 39.0 Å². The van der Waals surface area contributed by atoms with E-state index in [4.69, 9.17) is 5.73 Å². The van der Waals surface area contributed by atoms with Gasteiger partial charge in [0.05, 0.1) is 5.92 Å². The third-order valence-corrected chi connectivity index (χ3v) is 3.96. The minimum absolute atomic E-state index is 0.199. The van der Waals surface area contributed by atoms with Gasteiger partial charge in [-0.15, -0.1) is 0 Å². The molecule has 0 aromatic rings. The average molecular weight is 252 g/mol. The van der Waals surface area contributed by atoms with Crippen LogP contribution >= 0.6 is 0 Å². The van der Waals surface area contributed by atoms with Crippen molar-refractivity contribution in [2.75, 3.05) is 6.54 Å². The van der Waals surface area contributed by atoms with E-state index in [0.717, 1.165) is 6.42 Å². The van der Waals surface area contributed by atoms with Gasteiger partial charge in [0.25, 0.3) is 0 Å². The average Bonchev–Trinajstić information content (AvgIpc) is 2.28. The van der Waals surface area contributed by atoms with Crippen molar-refractivity contribution in [2.45, 2.75) is 63.7 Å². The highest BCUT2D eigenvalue weighted by Crippen LogP contribution is 2.40. The molecule has 0 aromatic heterocycles. The van der Waals surface area contributed by atoms with E-state index < -0.39 is 12.1 Å². The van der Waals surface area contributed by atoms with E-state index in [1.807, 2.05) is 6.92 Å². The SMILES string of the molecule is CCC(C)NC1(CN)CCC(C(F)(F)F)CC1. The molecule has 1 atom stereocenters. The molecule has 5 heteroatoms. The summed E-state index contributed by atoms with van der Waals surface area (Å²) in [6, 6.07) is 0.306. The summed E-state index contributed by atoms with van der Waals surface area (Å²) in [4.78, 5) is 0. The molecular weight excluding hydrogens is 229 g/mol. The lowest BCUT2D eigenvalue weighted by atomic mass is 9.75. The van der Waals surface area contributed by atoms with Gasteiger partial charge < -0.3 is 11.1 Å². The van der Waals surface area contributed by atoms with Crippen molar-refractivity contribution in [1.29, 1.82) is 0 Å². The van der Waals surface area contributed by atoms with E-state index in [1.165, 1.54) is 0 Å². The first-order valence-electron chi connectivity index (χ1n) is 6.37. The molecule has 0 amide bonds. The monoisotopic (exact) mass is 252 g/mol. The number of hydrogen-bond acceptors (Lipinski definition) is 2. The number of alkyl halides is 3. The van der Waals surface area contributed by atoms with Gasteiger partial charge in [-0.25, -0.2) is 0 Å². The molecule has 2 nitrogen and oxygen atoms in total. The van der Waals surface area contributed by atoms with Crippen molar-refractivity contribution in [2.24, 2.45) is 11.7 Å². The van der Waals surface area contributed by atoms with Crippen molar-refractivity contribution in [3.8, 4) is 0 Å². The van der Waals surface area contributed by atoms with Gasteiger partial charge in [-0.2, -0.15) is 13.2 Å². The molecule has 0 spiro atoms. The maximum Gasteiger partial charge on any atom is 0.391 e. The van der Waals surface area contributed by atoms with Crippen LogP contribution in [0.15, 0.2) is 0 Å². The van der Waals surface area contributed by atoms with Crippen LogP contribution in [0.1, 0.15) is 46.0 Å². The van der Waals surface area contributed by atoms with E-state index >= 15 is 0 Å². The minimum Gasteiger partial charge on any atom is -0.329 e. The van der Waals surface area contributed by atoms with E-state index in [9.17, 15) is 13.2 Å². The molecule has 0 bridgehead atoms. The summed E-state index contributed by atoms with van der Waals surface area (Å²) in [7, 11) is 0. The first-order valence-corrected chi connectivity index (χ1v) is 6.37. The molecule has 1 fully saturated rings. The van der Waals surface area contributed by atoms with Crippen LogP contribution in [-0.2, 0) is 0 Å². The topological polar surface area (TPSA) is 38.0 Å². The van der Waals surface area contributed by atoms with Crippen LogP contribution in [0.2, 0.25) is 0 Å². The standard InChI is InChI=1S/C12H23F3N2/c1-3-9(2)17-11(8-16)6-4-10(5-7-11)12(13,14)15/h9-10,17H,3-8,16H2,1-2H3. The lowest BCUT2D eigenvalue weighted by molar-refractivity contribution is -0.185. The Morgan fingerprint density at radius 3 is 2.24 bits per heavy atom. The van der Waals surface area contributed by atoms with Gasteiger partial charge in [0.15, 0.2) is 0 Å². The molecule has 0 heterocycles. The summed E-state index contributed by atoms with van der Waals surface area (Å²) < 4.78 is 37.7. The third-order valence-electron chi connectivity index (χ3n) is 3.96. The second-order valence-electron chi connectivity index (χ2n) is 5.25. The van der Waals surface area contributed by atoms with Crippen LogP contribution in [0.3, 0.4) is 0 Å². The smallest absolute Gasteiger partial charge is 0.329 e. The molecule has 1 rings (SSSR count). The summed E-state index contributed by atoms with van der Waals surface area (Å²) in [5.41, 5.74) is 5.47. The minimum atomic E-state index is -4.04. The molecule has 1 aliphatic rings. The van der Waals surface area contributed by atoms with Gasteiger partial charge >= 0.3 is 6.18 Å². The van der Waals surface area contributed by atoms with Crippen molar-refractivity contribution < 1.29 is 13.2 Å². The summed E-state index contributed by atoms with van der Waals surface area (Å²) in [6.07, 6.45) is -1.63. The maximum atomic E-state index is 12.6. The second kappa shape index (κ2) is 5.57. The molecule has 3 N–H and O–H groups in total. The first-order chi connectivity index (χ1) is 7.83. The Kier molecular flexibility index (Phi) is 4.84. The molecule has 0 radical (unpaired) electrons. The molecule has 0 aliphatic heterocycles. The van der Waals surface area contributed by atoms with Gasteiger partial charge in [0.2, 0.25) is 0 Å². The Bertz CT molecular complexity index is 232. The lowest BCUT2D eigenvalue weighted by Crippen LogP contribution is -2.56. The number of nitrogens with two attached hydrogens (primary N) is 1. The Balaban J connectivity index is 2.57. The third kappa shape index (κ3) is 3.85. The Morgan fingerprint density at radius 2 is 1.88 bits per heavy atom. The molecule has 102 valence electrons. The molecule has 1 aliphatic carbocycles. The van der Waals surface area contributed by atoms with Crippen LogP contribution in [0.25, 0.3) is 0 Å². The largest absolute Gasteiger partial charge is 0.391 e. The highest BCUT2D eigenvalue weighted by atomic mass is 19.4. The molecule has 0 aromatic carbocycles. The van der Waals surface area contributed by atoms with Gasteiger partial charge in [-0.1, -0.05) is 6.92 Å². The Labute approximate surface area is 101 Å². The Hall–Kier alpha value is -0.290. The molecule has 17 heavy (non-hydrogen) atoms. The van der Waals surface area contributed by atoms with Crippen LogP contribution in [0.5, 0.6) is 0 Å². The van der Waals surface area contributed by atoms with Crippen molar-refractivity contribution >= 4 is 0 Å². The number of rotatable bonds is 4. The van der Waals surface area contributed by atoms with Gasteiger partial charge in [0, 0.05) is 18.1 Å².